The van der Waals surface area contributed by atoms with Gasteiger partial charge in [0.15, 0.2) is 0 Å². The van der Waals surface area contributed by atoms with E-state index in [-0.39, 0.29) is 10.6 Å². The average molecular weight is 272 g/mol. The van der Waals surface area contributed by atoms with Crippen LogP contribution in [0, 0.1) is 6.92 Å². The third kappa shape index (κ3) is 1.74. The fourth-order valence-electron chi connectivity index (χ4n) is 2.25. The molecule has 4 nitrogen and oxygen atoms in total. The lowest BCUT2D eigenvalue weighted by Crippen LogP contribution is -2.26. The highest BCUT2D eigenvalue weighted by atomic mass is 32.1. The molecule has 0 saturated heterocycles. The van der Waals surface area contributed by atoms with E-state index < -0.39 is 0 Å². The van der Waals surface area contributed by atoms with Crippen molar-refractivity contribution in [1.82, 2.24) is 8.52 Å². The molecule has 3 rings (SSSR count). The Morgan fingerprint density at radius 1 is 1.00 bits per heavy atom. The largest absolute Gasteiger partial charge is 0.345 e. The molecule has 0 bridgehead atoms. The van der Waals surface area contributed by atoms with E-state index in [4.69, 9.17) is 0 Å². The molecule has 0 fully saturated rings. The van der Waals surface area contributed by atoms with E-state index in [1.807, 2.05) is 43.3 Å². The van der Waals surface area contributed by atoms with Gasteiger partial charge in [-0.2, -0.15) is 0 Å². The standard InChI is InChI=1S/C14H12N2O2S/c1-9-7-8-12(11-6-4-3-5-10(9)11)16-13(17)15(2)19-14(16)18/h3-8H,1-2H3. The van der Waals surface area contributed by atoms with Crippen molar-refractivity contribution < 1.29 is 0 Å². The Labute approximate surface area is 113 Å². The molecule has 2 aromatic carbocycles. The van der Waals surface area contributed by atoms with E-state index in [1.165, 1.54) is 8.52 Å². The predicted octanol–water partition coefficient (Wildman–Crippen LogP) is 2.06. The Morgan fingerprint density at radius 2 is 1.68 bits per heavy atom. The van der Waals surface area contributed by atoms with Crippen molar-refractivity contribution in [1.29, 1.82) is 0 Å². The first-order valence-electron chi connectivity index (χ1n) is 5.87. The SMILES string of the molecule is Cc1ccc(-n2c(=O)sn(C)c2=O)c2ccccc12. The van der Waals surface area contributed by atoms with Gasteiger partial charge in [0.2, 0.25) is 0 Å². The number of aryl methyl sites for hydroxylation is 2. The number of aromatic nitrogens is 2. The summed E-state index contributed by atoms with van der Waals surface area (Å²) < 4.78 is 2.57. The van der Waals surface area contributed by atoms with Crippen molar-refractivity contribution in [2.75, 3.05) is 0 Å². The number of hydrogen-bond donors (Lipinski definition) is 0. The summed E-state index contributed by atoms with van der Waals surface area (Å²) in [7, 11) is 1.60. The van der Waals surface area contributed by atoms with E-state index >= 15 is 0 Å². The van der Waals surface area contributed by atoms with Gasteiger partial charge in [0.1, 0.15) is 0 Å². The summed E-state index contributed by atoms with van der Waals surface area (Å²) in [6.07, 6.45) is 0. The lowest BCUT2D eigenvalue weighted by Gasteiger charge is -2.07. The third-order valence-electron chi connectivity index (χ3n) is 3.22. The molecule has 0 saturated carbocycles. The predicted molar refractivity (Wildman–Crippen MR) is 77.4 cm³/mol. The molecule has 0 aliphatic rings. The Bertz CT molecular complexity index is 886. The first-order valence-corrected chi connectivity index (χ1v) is 6.65. The highest BCUT2D eigenvalue weighted by molar-refractivity contribution is 7.03. The normalized spacial score (nSPS) is 11.1. The van der Waals surface area contributed by atoms with Crippen LogP contribution in [-0.4, -0.2) is 8.52 Å². The van der Waals surface area contributed by atoms with Gasteiger partial charge in [-0.25, -0.2) is 13.3 Å². The van der Waals surface area contributed by atoms with Crippen molar-refractivity contribution in [2.45, 2.75) is 6.92 Å². The van der Waals surface area contributed by atoms with Gasteiger partial charge in [-0.3, -0.25) is 4.79 Å². The lowest BCUT2D eigenvalue weighted by molar-refractivity contribution is 0.853. The first-order chi connectivity index (χ1) is 9.09. The van der Waals surface area contributed by atoms with E-state index in [0.717, 1.165) is 27.9 Å². The van der Waals surface area contributed by atoms with Crippen molar-refractivity contribution in [2.24, 2.45) is 7.05 Å². The monoisotopic (exact) mass is 272 g/mol. The zero-order chi connectivity index (χ0) is 13.6. The summed E-state index contributed by atoms with van der Waals surface area (Å²) in [6.45, 7) is 2.01. The molecular formula is C14H12N2O2S. The molecule has 19 heavy (non-hydrogen) atoms. The quantitative estimate of drug-likeness (QED) is 0.680. The van der Waals surface area contributed by atoms with E-state index in [2.05, 4.69) is 0 Å². The van der Waals surface area contributed by atoms with Crippen LogP contribution < -0.4 is 10.6 Å². The number of hydrogen-bond acceptors (Lipinski definition) is 3. The molecule has 96 valence electrons. The molecule has 1 aromatic heterocycles. The summed E-state index contributed by atoms with van der Waals surface area (Å²) >= 11 is 0.915. The number of benzene rings is 2. The van der Waals surface area contributed by atoms with Crippen LogP contribution in [0.2, 0.25) is 0 Å². The molecule has 0 atom stereocenters. The summed E-state index contributed by atoms with van der Waals surface area (Å²) in [5, 5.41) is 1.97. The highest BCUT2D eigenvalue weighted by Gasteiger charge is 2.12. The van der Waals surface area contributed by atoms with Crippen LogP contribution in [0.5, 0.6) is 0 Å². The van der Waals surface area contributed by atoms with Crippen LogP contribution in [0.3, 0.4) is 0 Å². The minimum absolute atomic E-state index is 0.262. The Morgan fingerprint density at radius 3 is 2.32 bits per heavy atom. The number of rotatable bonds is 1. The fourth-order valence-corrected chi connectivity index (χ4v) is 2.90. The summed E-state index contributed by atoms with van der Waals surface area (Å²) in [5.41, 5.74) is 1.47. The van der Waals surface area contributed by atoms with E-state index in [0.29, 0.717) is 5.69 Å². The topological polar surface area (TPSA) is 44.0 Å². The molecule has 0 aliphatic carbocycles. The molecule has 0 amide bonds. The second-order valence-electron chi connectivity index (χ2n) is 4.42. The maximum atomic E-state index is 12.1. The summed E-state index contributed by atoms with van der Waals surface area (Å²) in [5.74, 6) is 0. The van der Waals surface area contributed by atoms with Crippen molar-refractivity contribution in [3.8, 4) is 5.69 Å². The number of nitrogens with zero attached hydrogens (tertiary/aromatic N) is 2. The molecule has 0 aliphatic heterocycles. The van der Waals surface area contributed by atoms with Crippen molar-refractivity contribution in [3.05, 3.63) is 62.1 Å². The van der Waals surface area contributed by atoms with Gasteiger partial charge in [0.25, 0.3) is 0 Å². The van der Waals surface area contributed by atoms with Gasteiger partial charge in [-0.15, -0.1) is 0 Å². The Balaban J connectivity index is 2.48. The van der Waals surface area contributed by atoms with Crippen molar-refractivity contribution >= 4 is 22.3 Å². The van der Waals surface area contributed by atoms with Gasteiger partial charge in [-0.1, -0.05) is 30.3 Å². The maximum Gasteiger partial charge on any atom is 0.345 e. The fraction of sp³-hybridized carbons (Fsp3) is 0.143. The minimum atomic E-state index is -0.302. The second-order valence-corrected chi connectivity index (χ2v) is 5.50. The van der Waals surface area contributed by atoms with Crippen LogP contribution in [0.4, 0.5) is 0 Å². The van der Waals surface area contributed by atoms with E-state index in [9.17, 15) is 9.59 Å². The third-order valence-corrected chi connectivity index (χ3v) is 3.99. The van der Waals surface area contributed by atoms with Gasteiger partial charge >= 0.3 is 10.6 Å². The summed E-state index contributed by atoms with van der Waals surface area (Å²) in [6, 6.07) is 11.5. The molecule has 0 spiro atoms. The molecule has 0 N–H and O–H groups in total. The van der Waals surface area contributed by atoms with Crippen LogP contribution in [0.15, 0.2) is 46.0 Å². The average Bonchev–Trinajstić information content (AvgIpc) is 2.65. The number of fused-ring (bicyclic) bond motifs is 1. The zero-order valence-corrected chi connectivity index (χ0v) is 11.4. The van der Waals surface area contributed by atoms with E-state index in [1.54, 1.807) is 7.05 Å². The highest BCUT2D eigenvalue weighted by Crippen LogP contribution is 2.23. The van der Waals surface area contributed by atoms with Crippen LogP contribution in [0.1, 0.15) is 5.56 Å². The van der Waals surface area contributed by atoms with Gasteiger partial charge in [0.05, 0.1) is 5.69 Å². The maximum absolute atomic E-state index is 12.1. The van der Waals surface area contributed by atoms with Gasteiger partial charge < -0.3 is 0 Å². The second kappa shape index (κ2) is 4.20. The van der Waals surface area contributed by atoms with Crippen LogP contribution in [-0.2, 0) is 7.05 Å². The van der Waals surface area contributed by atoms with Crippen LogP contribution >= 0.6 is 11.5 Å². The Kier molecular flexibility index (Phi) is 2.64. The van der Waals surface area contributed by atoms with Gasteiger partial charge in [-0.05, 0) is 23.9 Å². The summed E-state index contributed by atoms with van der Waals surface area (Å²) in [4.78, 5) is 23.7. The molecular weight excluding hydrogens is 260 g/mol. The zero-order valence-electron chi connectivity index (χ0n) is 10.6. The smallest absolute Gasteiger partial charge is 0.255 e. The van der Waals surface area contributed by atoms with Crippen molar-refractivity contribution in [3.63, 3.8) is 0 Å². The lowest BCUT2D eigenvalue weighted by atomic mass is 10.0. The molecule has 3 aromatic rings. The molecule has 5 heteroatoms. The molecule has 0 radical (unpaired) electrons. The first kappa shape index (κ1) is 11.9. The minimum Gasteiger partial charge on any atom is -0.255 e. The molecule has 1 heterocycles. The van der Waals surface area contributed by atoms with Crippen LogP contribution in [0.25, 0.3) is 16.5 Å². The molecule has 0 unspecified atom stereocenters. The van der Waals surface area contributed by atoms with Gasteiger partial charge in [0, 0.05) is 24.0 Å². The Hall–Kier alpha value is -2.14.